The zero-order chi connectivity index (χ0) is 13.9. The summed E-state index contributed by atoms with van der Waals surface area (Å²) < 4.78 is 0. The van der Waals surface area contributed by atoms with E-state index in [9.17, 15) is 4.79 Å². The Morgan fingerprint density at radius 2 is 2.10 bits per heavy atom. The van der Waals surface area contributed by atoms with Crippen LogP contribution in [0.3, 0.4) is 0 Å². The first-order chi connectivity index (χ1) is 9.72. The second kappa shape index (κ2) is 6.30. The van der Waals surface area contributed by atoms with Crippen molar-refractivity contribution in [2.45, 2.75) is 58.3 Å². The van der Waals surface area contributed by atoms with Crippen molar-refractivity contribution in [3.63, 3.8) is 0 Å². The molecular weight excluding hydrogens is 266 g/mol. The Morgan fingerprint density at radius 3 is 2.90 bits per heavy atom. The molecule has 1 heterocycles. The van der Waals surface area contributed by atoms with Gasteiger partial charge in [0.1, 0.15) is 0 Å². The zero-order valence-electron chi connectivity index (χ0n) is 12.4. The molecule has 2 aliphatic rings. The minimum Gasteiger partial charge on any atom is -0.351 e. The Hall–Kier alpha value is -0.830. The minimum atomic E-state index is 0.155. The Labute approximate surface area is 126 Å². The average Bonchev–Trinajstić information content (AvgIpc) is 2.89. The van der Waals surface area contributed by atoms with Crippen molar-refractivity contribution in [1.82, 2.24) is 5.32 Å². The zero-order valence-corrected chi connectivity index (χ0v) is 13.2. The molecule has 110 valence electrons. The Bertz CT molecular complexity index is 473. The van der Waals surface area contributed by atoms with Crippen molar-refractivity contribution in [3.05, 3.63) is 21.4 Å². The molecule has 3 rings (SSSR count). The number of hydrogen-bond donors (Lipinski definition) is 1. The first-order valence-electron chi connectivity index (χ1n) is 8.12. The van der Waals surface area contributed by atoms with E-state index >= 15 is 0 Å². The number of hydrogen-bond acceptors (Lipinski definition) is 2. The van der Waals surface area contributed by atoms with Gasteiger partial charge in [-0.25, -0.2) is 0 Å². The molecule has 1 aromatic heterocycles. The fourth-order valence-corrected chi connectivity index (χ4v) is 4.66. The second-order valence-corrected chi connectivity index (χ2v) is 7.76. The number of aryl methyl sites for hydroxylation is 1. The maximum atomic E-state index is 12.3. The topological polar surface area (TPSA) is 29.1 Å². The van der Waals surface area contributed by atoms with Crippen molar-refractivity contribution in [1.29, 1.82) is 0 Å². The highest BCUT2D eigenvalue weighted by molar-refractivity contribution is 7.14. The molecule has 0 aliphatic heterocycles. The van der Waals surface area contributed by atoms with Crippen LogP contribution in [0.4, 0.5) is 0 Å². The van der Waals surface area contributed by atoms with Gasteiger partial charge in [0.15, 0.2) is 0 Å². The lowest BCUT2D eigenvalue weighted by Crippen LogP contribution is -2.29. The van der Waals surface area contributed by atoms with Gasteiger partial charge >= 0.3 is 0 Å². The van der Waals surface area contributed by atoms with Gasteiger partial charge in [-0.15, -0.1) is 11.3 Å². The third-order valence-corrected chi connectivity index (χ3v) is 6.06. The van der Waals surface area contributed by atoms with Crippen LogP contribution in [0.15, 0.2) is 6.07 Å². The largest absolute Gasteiger partial charge is 0.351 e. The number of fused-ring (bicyclic) bond motifs is 1. The summed E-state index contributed by atoms with van der Waals surface area (Å²) in [5, 5.41) is 3.16. The van der Waals surface area contributed by atoms with Crippen molar-refractivity contribution >= 4 is 17.2 Å². The summed E-state index contributed by atoms with van der Waals surface area (Å²) in [6.45, 7) is 3.18. The van der Waals surface area contributed by atoms with Gasteiger partial charge in [-0.1, -0.05) is 26.2 Å². The molecule has 0 saturated heterocycles. The van der Waals surface area contributed by atoms with Crippen LogP contribution >= 0.6 is 11.3 Å². The predicted molar refractivity (Wildman–Crippen MR) is 84.4 cm³/mol. The first-order valence-corrected chi connectivity index (χ1v) is 8.94. The second-order valence-electron chi connectivity index (χ2n) is 6.62. The third kappa shape index (κ3) is 3.25. The fraction of sp³-hybridized carbons (Fsp3) is 0.706. The van der Waals surface area contributed by atoms with Gasteiger partial charge in [0.2, 0.25) is 0 Å². The normalized spacial score (nSPS) is 23.4. The minimum absolute atomic E-state index is 0.155. The van der Waals surface area contributed by atoms with Crippen LogP contribution < -0.4 is 5.32 Å². The Kier molecular flexibility index (Phi) is 4.45. The molecule has 0 aromatic carbocycles. The van der Waals surface area contributed by atoms with Crippen molar-refractivity contribution in [2.24, 2.45) is 11.8 Å². The van der Waals surface area contributed by atoms with Crippen LogP contribution in [-0.2, 0) is 12.8 Å². The van der Waals surface area contributed by atoms with Gasteiger partial charge in [0.05, 0.1) is 4.88 Å². The van der Waals surface area contributed by atoms with Crippen molar-refractivity contribution in [3.8, 4) is 0 Å². The molecule has 2 nitrogen and oxygen atoms in total. The van der Waals surface area contributed by atoms with Gasteiger partial charge in [0.25, 0.3) is 5.91 Å². The summed E-state index contributed by atoms with van der Waals surface area (Å²) in [6.07, 6.45) is 10.2. The van der Waals surface area contributed by atoms with E-state index in [1.54, 1.807) is 11.3 Å². The number of thiophene rings is 1. The SMILES string of the molecule is C[C@@H]1CCc2sc(C(=O)NCC3CCCCC3)cc2C1. The predicted octanol–water partition coefficient (Wildman–Crippen LogP) is 4.18. The number of amides is 1. The smallest absolute Gasteiger partial charge is 0.261 e. The van der Waals surface area contributed by atoms with Crippen LogP contribution in [-0.4, -0.2) is 12.5 Å². The lowest BCUT2D eigenvalue weighted by atomic mass is 9.89. The summed E-state index contributed by atoms with van der Waals surface area (Å²) in [7, 11) is 0. The summed E-state index contributed by atoms with van der Waals surface area (Å²) in [6, 6.07) is 2.14. The molecule has 0 bridgehead atoms. The molecule has 2 aliphatic carbocycles. The fourth-order valence-electron chi connectivity index (χ4n) is 3.53. The molecule has 1 atom stereocenters. The number of nitrogens with one attached hydrogen (secondary N) is 1. The highest BCUT2D eigenvalue weighted by atomic mass is 32.1. The molecule has 1 N–H and O–H groups in total. The molecule has 1 saturated carbocycles. The van der Waals surface area contributed by atoms with E-state index in [-0.39, 0.29) is 5.91 Å². The molecule has 1 aromatic rings. The third-order valence-electron chi connectivity index (χ3n) is 4.83. The molecule has 0 radical (unpaired) electrons. The van der Waals surface area contributed by atoms with Crippen LogP contribution in [0.25, 0.3) is 0 Å². The van der Waals surface area contributed by atoms with E-state index in [1.807, 2.05) is 0 Å². The van der Waals surface area contributed by atoms with Crippen LogP contribution in [0.5, 0.6) is 0 Å². The molecule has 20 heavy (non-hydrogen) atoms. The van der Waals surface area contributed by atoms with Gasteiger partial charge in [-0.05, 0) is 55.6 Å². The van der Waals surface area contributed by atoms with Crippen LogP contribution in [0.1, 0.15) is 65.6 Å². The molecular formula is C17H25NOS. The highest BCUT2D eigenvalue weighted by Gasteiger charge is 2.21. The lowest BCUT2D eigenvalue weighted by molar-refractivity contribution is 0.0947. The number of carbonyl (C=O) groups is 1. The maximum Gasteiger partial charge on any atom is 0.261 e. The van der Waals surface area contributed by atoms with Gasteiger partial charge in [-0.3, -0.25) is 4.79 Å². The van der Waals surface area contributed by atoms with E-state index in [2.05, 4.69) is 18.3 Å². The van der Waals surface area contributed by atoms with Crippen molar-refractivity contribution < 1.29 is 4.79 Å². The maximum absolute atomic E-state index is 12.3. The standard InChI is InChI=1S/C17H25NOS/c1-12-7-8-15-14(9-12)10-16(20-15)17(19)18-11-13-5-3-2-4-6-13/h10,12-13H,2-9,11H2,1H3,(H,18,19)/t12-/m1/s1. The summed E-state index contributed by atoms with van der Waals surface area (Å²) in [5.74, 6) is 1.64. The highest BCUT2D eigenvalue weighted by Crippen LogP contribution is 2.32. The monoisotopic (exact) mass is 291 g/mol. The quantitative estimate of drug-likeness (QED) is 0.889. The van der Waals surface area contributed by atoms with Crippen LogP contribution in [0, 0.1) is 11.8 Å². The first kappa shape index (κ1) is 14.1. The molecule has 0 unspecified atom stereocenters. The Balaban J connectivity index is 1.57. The number of carbonyl (C=O) groups excluding carboxylic acids is 1. The summed E-state index contributed by atoms with van der Waals surface area (Å²) in [5.41, 5.74) is 1.43. The molecule has 3 heteroatoms. The summed E-state index contributed by atoms with van der Waals surface area (Å²) in [4.78, 5) is 14.7. The van der Waals surface area contributed by atoms with E-state index in [0.717, 1.165) is 30.2 Å². The molecule has 0 spiro atoms. The lowest BCUT2D eigenvalue weighted by Gasteiger charge is -2.21. The van der Waals surface area contributed by atoms with Gasteiger partial charge in [-0.2, -0.15) is 0 Å². The van der Waals surface area contributed by atoms with E-state index < -0.39 is 0 Å². The van der Waals surface area contributed by atoms with E-state index in [1.165, 1.54) is 49.0 Å². The van der Waals surface area contributed by atoms with Gasteiger partial charge in [0, 0.05) is 11.4 Å². The van der Waals surface area contributed by atoms with E-state index in [0.29, 0.717) is 5.92 Å². The average molecular weight is 291 g/mol. The number of rotatable bonds is 3. The molecule has 1 fully saturated rings. The van der Waals surface area contributed by atoms with E-state index in [4.69, 9.17) is 0 Å². The Morgan fingerprint density at radius 1 is 1.30 bits per heavy atom. The van der Waals surface area contributed by atoms with Gasteiger partial charge < -0.3 is 5.32 Å². The summed E-state index contributed by atoms with van der Waals surface area (Å²) >= 11 is 1.72. The van der Waals surface area contributed by atoms with Crippen LogP contribution in [0.2, 0.25) is 0 Å². The molecule has 1 amide bonds. The van der Waals surface area contributed by atoms with Crippen molar-refractivity contribution in [2.75, 3.05) is 6.54 Å².